The van der Waals surface area contributed by atoms with Crippen molar-refractivity contribution in [3.05, 3.63) is 247 Å². The molecule has 9 amide bonds. The topological polar surface area (TPSA) is 422 Å². The van der Waals surface area contributed by atoms with Crippen LogP contribution in [0.25, 0.3) is 39.0 Å². The number of sulfonamides is 1. The number of aromatic nitrogens is 3. The number of aliphatic imine (C=N–C) groups is 1. The smallest absolute Gasteiger partial charge is 0.410 e. The first-order valence-corrected chi connectivity index (χ1v) is 51.6. The van der Waals surface area contributed by atoms with Crippen LogP contribution in [0.15, 0.2) is 223 Å². The summed E-state index contributed by atoms with van der Waals surface area (Å²) in [5, 5.41) is 25.5. The Hall–Kier alpha value is -14.2. The second-order valence-electron chi connectivity index (χ2n) is 38.7. The molecule has 4 aliphatic carbocycles. The number of hydrogen-bond acceptors (Lipinski definition) is 24. The number of carbonyl (C=O) groups excluding carboxylic acids is 9. The third kappa shape index (κ3) is 24.5. The van der Waals surface area contributed by atoms with Crippen molar-refractivity contribution in [3.63, 3.8) is 0 Å². The lowest BCUT2D eigenvalue weighted by Crippen LogP contribution is -2.58. The van der Waals surface area contributed by atoms with Gasteiger partial charge in [0.1, 0.15) is 58.5 Å². The highest BCUT2D eigenvalue weighted by Crippen LogP contribution is 2.49. The first-order chi connectivity index (χ1) is 69.5. The molecule has 144 heavy (non-hydrogen) atoms. The lowest BCUT2D eigenvalue weighted by molar-refractivity contribution is -0.141. The molecule has 0 spiro atoms. The Bertz CT molecular complexity index is 6560. The Labute approximate surface area is 839 Å². The summed E-state index contributed by atoms with van der Waals surface area (Å²) >= 11 is 1.41. The number of aliphatic carboxylic acids is 1. The van der Waals surface area contributed by atoms with E-state index in [1.807, 2.05) is 110 Å². The van der Waals surface area contributed by atoms with E-state index in [1.54, 1.807) is 119 Å². The van der Waals surface area contributed by atoms with Gasteiger partial charge in [-0.25, -0.2) is 32.8 Å². The predicted molar refractivity (Wildman–Crippen MR) is 544 cm³/mol. The summed E-state index contributed by atoms with van der Waals surface area (Å²) in [5.74, 6) is -2.98. The van der Waals surface area contributed by atoms with E-state index in [4.69, 9.17) is 42.9 Å². The first kappa shape index (κ1) is 101. The van der Waals surface area contributed by atoms with Gasteiger partial charge in [-0.1, -0.05) is 123 Å². The normalized spacial score (nSPS) is 21.9. The number of likely N-dealkylation sites (tertiary alicyclic amines) is 1. The zero-order chi connectivity index (χ0) is 101. The van der Waals surface area contributed by atoms with E-state index in [1.165, 1.54) is 52.5 Å². The number of morpholine rings is 1. The van der Waals surface area contributed by atoms with Crippen molar-refractivity contribution < 1.29 is 94.3 Å². The summed E-state index contributed by atoms with van der Waals surface area (Å²) in [6, 6.07) is 47.9. The standard InChI is InChI=1S/C38H38N6O5S.C35H45N5O10S.C35H37N3O5/c45-35(33-9-5-19-43(33)38(47)49-26-27-6-2-1-3-7-27)40-30-12-10-29(11-13-30)34-36(46)44(25-28-8-4-18-39-24-28)37(50-34)41-31-14-16-32(17-15-31)42-20-22-48-23-21-42;1-34(2,3)50-33(44)37-27-8-6-16-48-15-5-7-22-19-35(22,32(43)39-51(45,46)25-10-11-25)38-29(41)28-18-24(20-40(28)31(27)42)49-30-26-12-9-23(47-4)17-21(26)13-14-36-30;1-38-29-21-25(12-15-28(29)31(24-7-3-2-4-8-24)32(38)26-17-20-43-22-26)33(41)37-35(18-5-6-19-35)34(42)36-27-13-9-23(10-14-27)11-16-30(39)40/h1-4,6-8,10-18,24,33-34H,5,9,19-23,25-26H2,(H,40,45);5,7,9,12-14,17,22,24-25,27-28H,6,8,10-11,15-16,18-20H2,1-4H3,(H,37,44)(H,38,41)(H,39,43);9-17,20-22,24H,2-8,18-19H2,1H3,(H,36,42)(H,37,41)(H,39,40)/b;7-5-;16-11+/t33-,34?;22-,24-,27+,28+,35-;/m01./s1. The summed E-state index contributed by atoms with van der Waals surface area (Å²) < 4.78 is 69.2. The van der Waals surface area contributed by atoms with Crippen LogP contribution < -0.4 is 45.7 Å². The molecule has 34 nitrogen and oxygen atoms in total. The number of methoxy groups -OCH3 is 1. The molecule has 8 fully saturated rings. The molecule has 6 aromatic carbocycles. The predicted octanol–water partition coefficient (Wildman–Crippen LogP) is 15.8. The van der Waals surface area contributed by atoms with E-state index in [2.05, 4.69) is 68.9 Å². The van der Waals surface area contributed by atoms with Crippen molar-refractivity contribution in [2.24, 2.45) is 18.0 Å². The van der Waals surface area contributed by atoms with Crippen molar-refractivity contribution >= 4 is 137 Å². The van der Waals surface area contributed by atoms with E-state index in [9.17, 15) is 56.4 Å². The lowest BCUT2D eigenvalue weighted by Gasteiger charge is -2.30. The van der Waals surface area contributed by atoms with Crippen molar-refractivity contribution in [1.29, 1.82) is 0 Å². The van der Waals surface area contributed by atoms with E-state index in [0.29, 0.717) is 115 Å². The Morgan fingerprint density at radius 2 is 1.48 bits per heavy atom. The summed E-state index contributed by atoms with van der Waals surface area (Å²) in [5.41, 5.74) is 8.01. The van der Waals surface area contributed by atoms with Gasteiger partial charge >= 0.3 is 18.2 Å². The molecule has 0 bridgehead atoms. The molecule has 9 aliphatic rings. The third-order valence-electron chi connectivity index (χ3n) is 27.5. The number of carbonyl (C=O) groups is 10. The van der Waals surface area contributed by atoms with Crippen LogP contribution in [0.5, 0.6) is 11.6 Å². The van der Waals surface area contributed by atoms with Gasteiger partial charge in [-0.2, -0.15) is 0 Å². The van der Waals surface area contributed by atoms with E-state index in [0.717, 1.165) is 107 Å². The fraction of sp³-hybridized carbons (Fsp3) is 0.398. The molecule has 5 aliphatic heterocycles. The highest BCUT2D eigenvalue weighted by Gasteiger charge is 2.62. The second-order valence-corrected chi connectivity index (χ2v) is 41.7. The fourth-order valence-corrected chi connectivity index (χ4v) is 22.3. The minimum atomic E-state index is -3.91. The molecule has 7 N–H and O–H groups in total. The van der Waals surface area contributed by atoms with Crippen LogP contribution in [0.3, 0.4) is 0 Å². The highest BCUT2D eigenvalue weighted by atomic mass is 32.2. The van der Waals surface area contributed by atoms with Gasteiger partial charge in [0.25, 0.3) is 11.8 Å². The van der Waals surface area contributed by atoms with Crippen LogP contribution in [0.1, 0.15) is 179 Å². The number of benzene rings is 6. The van der Waals surface area contributed by atoms with Gasteiger partial charge in [0.15, 0.2) is 5.17 Å². The van der Waals surface area contributed by atoms with Crippen molar-refractivity contribution in [3.8, 4) is 22.9 Å². The molecule has 10 aromatic rings. The third-order valence-corrected chi connectivity index (χ3v) is 30.5. The van der Waals surface area contributed by atoms with Crippen LogP contribution in [0.4, 0.5) is 32.3 Å². The molecule has 7 atom stereocenters. The van der Waals surface area contributed by atoms with Crippen molar-refractivity contribution in [2.75, 3.05) is 75.2 Å². The van der Waals surface area contributed by atoms with Gasteiger partial charge in [-0.05, 0) is 234 Å². The van der Waals surface area contributed by atoms with Gasteiger partial charge in [0.05, 0.1) is 69.2 Å². The minimum Gasteiger partial charge on any atom is -0.497 e. The molecule has 4 saturated carbocycles. The maximum Gasteiger partial charge on any atom is 0.410 e. The van der Waals surface area contributed by atoms with Crippen LogP contribution >= 0.6 is 11.8 Å². The Morgan fingerprint density at radius 3 is 2.19 bits per heavy atom. The Morgan fingerprint density at radius 1 is 0.736 bits per heavy atom. The zero-order valence-electron chi connectivity index (χ0n) is 81.1. The molecule has 4 saturated heterocycles. The van der Waals surface area contributed by atoms with Crippen LogP contribution in [-0.4, -0.2) is 213 Å². The number of aryl methyl sites for hydroxylation is 1. The molecule has 19 rings (SSSR count). The number of rotatable bonds is 24. The van der Waals surface area contributed by atoms with E-state index < -0.39 is 103 Å². The number of amidine groups is 1. The first-order valence-electron chi connectivity index (χ1n) is 49.1. The molecule has 1 unspecified atom stereocenters. The number of fused-ring (bicyclic) bond motifs is 4. The van der Waals surface area contributed by atoms with Gasteiger partial charge in [-0.15, -0.1) is 0 Å². The lowest BCUT2D eigenvalue weighted by atomic mass is 9.82. The van der Waals surface area contributed by atoms with Crippen LogP contribution in [0, 0.1) is 5.92 Å². The molecule has 0 radical (unpaired) electrons. The maximum atomic E-state index is 14.3. The number of ether oxygens (including phenoxy) is 6. The second kappa shape index (κ2) is 45.2. The van der Waals surface area contributed by atoms with E-state index >= 15 is 0 Å². The van der Waals surface area contributed by atoms with Gasteiger partial charge in [0, 0.05) is 115 Å². The molecular weight excluding hydrogens is 1880 g/mol. The highest BCUT2D eigenvalue weighted by molar-refractivity contribution is 8.15. The maximum absolute atomic E-state index is 14.3. The van der Waals surface area contributed by atoms with Crippen LogP contribution in [-0.2, 0) is 82.7 Å². The average Bonchev–Trinajstić information content (AvgIpc) is 1.57. The minimum absolute atomic E-state index is 0.0344. The Kier molecular flexibility index (Phi) is 31.8. The molecular formula is C108H120N14O20S2. The van der Waals surface area contributed by atoms with Crippen molar-refractivity contribution in [2.45, 2.75) is 200 Å². The molecule has 9 heterocycles. The average molecular weight is 2000 g/mol. The summed E-state index contributed by atoms with van der Waals surface area (Å²) in [4.78, 5) is 154. The quantitative estimate of drug-likeness (QED) is 0.0218. The number of alkyl carbamates (subject to hydrolysis) is 1. The number of hydrogen-bond donors (Lipinski definition) is 7. The summed E-state index contributed by atoms with van der Waals surface area (Å²) in [7, 11) is -0.288. The number of amides is 9. The number of pyridine rings is 2. The van der Waals surface area contributed by atoms with Gasteiger partial charge in [-0.3, -0.25) is 53.1 Å². The summed E-state index contributed by atoms with van der Waals surface area (Å²) in [6.07, 6.45) is 24.4. The number of anilines is 3. The zero-order valence-corrected chi connectivity index (χ0v) is 82.7. The molecule has 36 heteroatoms. The van der Waals surface area contributed by atoms with Gasteiger partial charge in [0.2, 0.25) is 45.4 Å². The number of nitrogens with zero attached hydrogens (tertiary/aromatic N) is 8. The van der Waals surface area contributed by atoms with Gasteiger partial charge < -0.3 is 78.9 Å². The number of carboxylic acid groups (broad SMARTS) is 1. The van der Waals surface area contributed by atoms with Crippen molar-refractivity contribution in [1.82, 2.24) is 49.9 Å². The SMILES string of the molecule is COc1ccc2c(O[C@@H]3C[C@H]4C(=O)N[C@]5(C(=O)NS(=O)(=O)C6CC6)C[C@H]5/C=C\COCCC[C@H](NC(=O)OC(C)(C)C)C(=O)N4C3)nccc2c1.Cn1c(-c2ccoc2)c(C2CCCCC2)c2ccc(C(=O)NC3(C(=O)Nc4ccc(/C=C/C(=O)O)cc4)CCCC3)cc21.O=C(Nc1ccc(C2SC(=Nc3ccc(N4CCOCC4)cc3)N(Cc3cccnc3)C2=O)cc1)[C@@H]1CCCN1C(=O)OCc1ccccc1. The van der Waals surface area contributed by atoms with E-state index in [-0.39, 0.29) is 69.3 Å². The number of furan rings is 1. The number of thioether (sulfide) groups is 1. The fourth-order valence-electron chi connectivity index (χ4n) is 19.7. The molecule has 754 valence electrons. The Balaban J connectivity index is 0.000000149. The molecule has 4 aromatic heterocycles. The number of nitrogens with one attached hydrogen (secondary N) is 6. The van der Waals surface area contributed by atoms with Crippen LogP contribution in [0.2, 0.25) is 0 Å². The summed E-state index contributed by atoms with van der Waals surface area (Å²) in [6.45, 7) is 9.64. The number of carboxylic acids is 1. The largest absolute Gasteiger partial charge is 0.497 e. The monoisotopic (exact) mass is 2000 g/mol.